The molecule has 0 saturated carbocycles. The quantitative estimate of drug-likeness (QED) is 0.623. The maximum absolute atomic E-state index is 5.55. The minimum absolute atomic E-state index is 0.361. The topological polar surface area (TPSA) is 33.3 Å². The van der Waals surface area contributed by atoms with Crippen LogP contribution in [0.2, 0.25) is 0 Å². The van der Waals surface area contributed by atoms with E-state index in [9.17, 15) is 0 Å². The molecule has 2 N–H and O–H groups in total. The van der Waals surface area contributed by atoms with Gasteiger partial charge in [-0.05, 0) is 36.1 Å². The highest BCUT2D eigenvalue weighted by atomic mass is 16.5. The molecule has 2 unspecified atom stereocenters. The summed E-state index contributed by atoms with van der Waals surface area (Å²) in [5.41, 5.74) is 3.98. The first-order valence-electron chi connectivity index (χ1n) is 10.5. The van der Waals surface area contributed by atoms with Gasteiger partial charge in [-0.25, -0.2) is 0 Å². The van der Waals surface area contributed by atoms with Crippen molar-refractivity contribution < 1.29 is 4.74 Å². The summed E-state index contributed by atoms with van der Waals surface area (Å²) in [6.45, 7) is 2.88. The molecule has 2 atom stereocenters. The first kappa shape index (κ1) is 19.7. The lowest BCUT2D eigenvalue weighted by molar-refractivity contribution is 0.254. The van der Waals surface area contributed by atoms with Crippen molar-refractivity contribution >= 4 is 0 Å². The minimum Gasteiger partial charge on any atom is -0.496 e. The van der Waals surface area contributed by atoms with Crippen LogP contribution in [0.1, 0.15) is 29.0 Å². The van der Waals surface area contributed by atoms with Gasteiger partial charge in [-0.3, -0.25) is 0 Å². The summed E-state index contributed by atoms with van der Waals surface area (Å²) in [5.74, 6) is 1.79. The number of hydrogen-bond acceptors (Lipinski definition) is 3. The average molecular weight is 387 g/mol. The smallest absolute Gasteiger partial charge is 0.123 e. The first-order valence-corrected chi connectivity index (χ1v) is 10.5. The Morgan fingerprint density at radius 1 is 0.897 bits per heavy atom. The molecule has 0 bridgehead atoms. The fourth-order valence-electron chi connectivity index (χ4n) is 4.58. The normalized spacial score (nSPS) is 19.2. The van der Waals surface area contributed by atoms with Crippen molar-refractivity contribution in [1.29, 1.82) is 0 Å². The molecule has 3 aromatic rings. The third kappa shape index (κ3) is 4.69. The Bertz CT molecular complexity index is 842. The number of rotatable bonds is 7. The molecule has 0 spiro atoms. The second-order valence-corrected chi connectivity index (χ2v) is 7.75. The molecule has 1 fully saturated rings. The van der Waals surface area contributed by atoms with Crippen LogP contribution in [0.3, 0.4) is 0 Å². The van der Waals surface area contributed by atoms with Crippen molar-refractivity contribution in [2.45, 2.75) is 24.9 Å². The highest BCUT2D eigenvalue weighted by Crippen LogP contribution is 2.36. The zero-order valence-corrected chi connectivity index (χ0v) is 17.1. The highest BCUT2D eigenvalue weighted by molar-refractivity contribution is 5.35. The molecule has 1 heterocycles. The van der Waals surface area contributed by atoms with Crippen LogP contribution in [0.25, 0.3) is 0 Å². The first-order chi connectivity index (χ1) is 14.4. The Hall–Kier alpha value is -2.62. The monoisotopic (exact) mass is 386 g/mol. The number of nitrogens with one attached hydrogen (secondary N) is 2. The van der Waals surface area contributed by atoms with E-state index in [0.29, 0.717) is 17.9 Å². The summed E-state index contributed by atoms with van der Waals surface area (Å²) >= 11 is 0. The van der Waals surface area contributed by atoms with Crippen LogP contribution in [-0.4, -0.2) is 26.2 Å². The van der Waals surface area contributed by atoms with Crippen molar-refractivity contribution in [2.24, 2.45) is 5.92 Å². The molecule has 1 aliphatic rings. The summed E-state index contributed by atoms with van der Waals surface area (Å²) in [4.78, 5) is 0. The minimum atomic E-state index is 0.361. The lowest BCUT2D eigenvalue weighted by Gasteiger charge is -2.39. The van der Waals surface area contributed by atoms with Crippen LogP contribution in [0.15, 0.2) is 84.9 Å². The molecular weight excluding hydrogens is 356 g/mol. The number of hydrogen-bond donors (Lipinski definition) is 2. The summed E-state index contributed by atoms with van der Waals surface area (Å²) in [5, 5.41) is 7.50. The van der Waals surface area contributed by atoms with Crippen molar-refractivity contribution in [3.05, 3.63) is 102 Å². The average Bonchev–Trinajstić information content (AvgIpc) is 2.80. The van der Waals surface area contributed by atoms with Gasteiger partial charge in [-0.2, -0.15) is 0 Å². The predicted octanol–water partition coefficient (Wildman–Crippen LogP) is 4.60. The third-order valence-electron chi connectivity index (χ3n) is 6.02. The Morgan fingerprint density at radius 2 is 1.52 bits per heavy atom. The SMILES string of the molecule is COc1ccccc1CNC1CCNCC1C(c1ccccc1)c1ccccc1. The second kappa shape index (κ2) is 9.73. The molecule has 29 heavy (non-hydrogen) atoms. The van der Waals surface area contributed by atoms with E-state index in [2.05, 4.69) is 83.4 Å². The number of para-hydroxylation sites is 1. The lowest BCUT2D eigenvalue weighted by Crippen LogP contribution is -2.49. The van der Waals surface area contributed by atoms with Gasteiger partial charge in [-0.15, -0.1) is 0 Å². The second-order valence-electron chi connectivity index (χ2n) is 7.75. The van der Waals surface area contributed by atoms with Crippen LogP contribution >= 0.6 is 0 Å². The Morgan fingerprint density at radius 3 is 2.17 bits per heavy atom. The molecule has 4 rings (SSSR count). The van der Waals surface area contributed by atoms with Gasteiger partial charge in [0.25, 0.3) is 0 Å². The van der Waals surface area contributed by atoms with Crippen molar-refractivity contribution in [3.63, 3.8) is 0 Å². The van der Waals surface area contributed by atoms with Gasteiger partial charge in [0, 0.05) is 30.6 Å². The number of methoxy groups -OCH3 is 1. The Labute approximate surface area is 174 Å². The van der Waals surface area contributed by atoms with E-state index in [1.54, 1.807) is 7.11 Å². The van der Waals surface area contributed by atoms with E-state index in [-0.39, 0.29) is 0 Å². The molecular formula is C26H30N2O. The molecule has 0 aliphatic carbocycles. The van der Waals surface area contributed by atoms with E-state index in [1.807, 2.05) is 12.1 Å². The molecule has 150 valence electrons. The summed E-state index contributed by atoms with van der Waals surface area (Å²) in [6, 6.07) is 30.6. The molecule has 1 saturated heterocycles. The standard InChI is InChI=1S/C26H30N2O/c1-29-25-15-9-8-14-22(25)18-28-24-16-17-27-19-23(24)26(20-10-4-2-5-11-20)21-12-6-3-7-13-21/h2-15,23-24,26-28H,16-19H2,1H3. The van der Waals surface area contributed by atoms with Gasteiger partial charge >= 0.3 is 0 Å². The van der Waals surface area contributed by atoms with Crippen molar-refractivity contribution in [1.82, 2.24) is 10.6 Å². The molecule has 0 amide bonds. The van der Waals surface area contributed by atoms with E-state index in [4.69, 9.17) is 4.74 Å². The van der Waals surface area contributed by atoms with Crippen LogP contribution in [-0.2, 0) is 6.54 Å². The van der Waals surface area contributed by atoms with Gasteiger partial charge in [0.05, 0.1) is 7.11 Å². The Kier molecular flexibility index (Phi) is 6.60. The van der Waals surface area contributed by atoms with E-state index in [0.717, 1.165) is 31.8 Å². The van der Waals surface area contributed by atoms with Crippen LogP contribution in [0.4, 0.5) is 0 Å². The van der Waals surface area contributed by atoms with Crippen LogP contribution in [0, 0.1) is 5.92 Å². The summed E-state index contributed by atoms with van der Waals surface area (Å²) in [6.07, 6.45) is 1.12. The van der Waals surface area contributed by atoms with Crippen LogP contribution in [0.5, 0.6) is 5.75 Å². The maximum atomic E-state index is 5.55. The van der Waals surface area contributed by atoms with Gasteiger partial charge in [0.15, 0.2) is 0 Å². The molecule has 0 aromatic heterocycles. The number of benzene rings is 3. The molecule has 1 aliphatic heterocycles. The fraction of sp³-hybridized carbons (Fsp3) is 0.308. The third-order valence-corrected chi connectivity index (χ3v) is 6.02. The number of piperidine rings is 1. The van der Waals surface area contributed by atoms with E-state index in [1.165, 1.54) is 16.7 Å². The number of ether oxygens (including phenoxy) is 1. The predicted molar refractivity (Wildman–Crippen MR) is 119 cm³/mol. The van der Waals surface area contributed by atoms with Crippen molar-refractivity contribution in [3.8, 4) is 5.75 Å². The Balaban J connectivity index is 1.60. The largest absolute Gasteiger partial charge is 0.496 e. The van der Waals surface area contributed by atoms with Gasteiger partial charge < -0.3 is 15.4 Å². The lowest BCUT2D eigenvalue weighted by atomic mass is 9.75. The van der Waals surface area contributed by atoms with E-state index < -0.39 is 0 Å². The summed E-state index contributed by atoms with van der Waals surface area (Å²) in [7, 11) is 1.74. The molecule has 3 nitrogen and oxygen atoms in total. The summed E-state index contributed by atoms with van der Waals surface area (Å²) < 4.78 is 5.55. The highest BCUT2D eigenvalue weighted by Gasteiger charge is 2.33. The van der Waals surface area contributed by atoms with Gasteiger partial charge in [0.1, 0.15) is 5.75 Å². The van der Waals surface area contributed by atoms with Crippen molar-refractivity contribution in [2.75, 3.05) is 20.2 Å². The zero-order valence-electron chi connectivity index (χ0n) is 17.1. The van der Waals surface area contributed by atoms with Gasteiger partial charge in [-0.1, -0.05) is 78.9 Å². The van der Waals surface area contributed by atoms with Crippen LogP contribution < -0.4 is 15.4 Å². The maximum Gasteiger partial charge on any atom is 0.123 e. The van der Waals surface area contributed by atoms with Gasteiger partial charge in [0.2, 0.25) is 0 Å². The fourth-order valence-corrected chi connectivity index (χ4v) is 4.58. The molecule has 3 heteroatoms. The zero-order chi connectivity index (χ0) is 19.9. The van der Waals surface area contributed by atoms with E-state index >= 15 is 0 Å². The molecule has 3 aromatic carbocycles. The molecule has 0 radical (unpaired) electrons.